The highest BCUT2D eigenvalue weighted by atomic mass is 79.9. The van der Waals surface area contributed by atoms with Crippen LogP contribution in [0.5, 0.6) is 0 Å². The molecule has 5 heteroatoms. The monoisotopic (exact) mass is 296 g/mol. The van der Waals surface area contributed by atoms with Crippen molar-refractivity contribution >= 4 is 21.6 Å². The van der Waals surface area contributed by atoms with Crippen LogP contribution in [0.2, 0.25) is 0 Å². The summed E-state index contributed by atoms with van der Waals surface area (Å²) in [4.78, 5) is 10.2. The smallest absolute Gasteiger partial charge is 0.270 e. The van der Waals surface area contributed by atoms with Crippen LogP contribution >= 0.6 is 15.9 Å². The van der Waals surface area contributed by atoms with E-state index >= 15 is 0 Å². The number of halogens is 1. The number of benzene rings is 1. The highest BCUT2D eigenvalue weighted by Gasteiger charge is 2.12. The van der Waals surface area contributed by atoms with Crippen LogP contribution < -0.4 is 5.32 Å². The van der Waals surface area contributed by atoms with Gasteiger partial charge in [0.1, 0.15) is 0 Å². The number of rotatable bonds is 4. The van der Waals surface area contributed by atoms with E-state index in [1.54, 1.807) is 12.1 Å². The molecule has 1 aromatic carbocycles. The Balaban J connectivity index is 1.98. The van der Waals surface area contributed by atoms with Crippen LogP contribution in [-0.2, 0) is 6.54 Å². The van der Waals surface area contributed by atoms with Gasteiger partial charge in [0.15, 0.2) is 0 Å². The largest absolute Gasteiger partial charge is 0.309 e. The van der Waals surface area contributed by atoms with Crippen molar-refractivity contribution in [2.45, 2.75) is 25.4 Å². The number of nitro groups is 1. The molecular formula is C12H13BrN2O2. The summed E-state index contributed by atoms with van der Waals surface area (Å²) in [5.41, 5.74) is 1.16. The molecular weight excluding hydrogens is 284 g/mol. The fraction of sp³-hybridized carbons (Fsp3) is 0.333. The lowest BCUT2D eigenvalue weighted by atomic mass is 10.2. The molecule has 0 heterocycles. The van der Waals surface area contributed by atoms with Crippen molar-refractivity contribution in [1.82, 2.24) is 5.32 Å². The topological polar surface area (TPSA) is 55.2 Å². The summed E-state index contributed by atoms with van der Waals surface area (Å²) in [7, 11) is 0. The van der Waals surface area contributed by atoms with Crippen LogP contribution in [0.3, 0.4) is 0 Å². The first-order valence-electron chi connectivity index (χ1n) is 5.48. The molecule has 17 heavy (non-hydrogen) atoms. The van der Waals surface area contributed by atoms with Crippen LogP contribution in [0.15, 0.2) is 34.8 Å². The lowest BCUT2D eigenvalue weighted by Crippen LogP contribution is -2.25. The number of nitro benzene ring substituents is 1. The van der Waals surface area contributed by atoms with E-state index in [2.05, 4.69) is 33.4 Å². The Hall–Kier alpha value is -1.20. The van der Waals surface area contributed by atoms with Gasteiger partial charge in [-0.2, -0.15) is 0 Å². The van der Waals surface area contributed by atoms with E-state index in [0.717, 1.165) is 29.4 Å². The fourth-order valence-electron chi connectivity index (χ4n) is 1.83. The third-order valence-electron chi connectivity index (χ3n) is 2.84. The van der Waals surface area contributed by atoms with Gasteiger partial charge >= 0.3 is 0 Å². The molecule has 2 rings (SSSR count). The maximum atomic E-state index is 10.6. The first kappa shape index (κ1) is 12.3. The molecule has 0 radical (unpaired) electrons. The quantitative estimate of drug-likeness (QED) is 0.527. The minimum Gasteiger partial charge on any atom is -0.309 e. The second kappa shape index (κ2) is 5.42. The van der Waals surface area contributed by atoms with Crippen LogP contribution in [0, 0.1) is 10.1 Å². The standard InChI is InChI=1S/C12H13BrN2O2/c13-12-7-11(15(16)17)6-5-9(12)8-14-10-3-1-2-4-10/h1-2,5-7,10,14H,3-4,8H2. The molecule has 0 bridgehead atoms. The van der Waals surface area contributed by atoms with Gasteiger partial charge in [-0.3, -0.25) is 10.1 Å². The molecule has 0 saturated heterocycles. The predicted octanol–water partition coefficient (Wildman–Crippen LogP) is 3.17. The molecule has 0 aliphatic heterocycles. The predicted molar refractivity (Wildman–Crippen MR) is 69.8 cm³/mol. The molecule has 90 valence electrons. The zero-order chi connectivity index (χ0) is 12.3. The van der Waals surface area contributed by atoms with Crippen molar-refractivity contribution in [3.05, 3.63) is 50.5 Å². The molecule has 0 atom stereocenters. The average Bonchev–Trinajstić information content (AvgIpc) is 2.80. The van der Waals surface area contributed by atoms with Crippen molar-refractivity contribution < 1.29 is 4.92 Å². The molecule has 0 aromatic heterocycles. The lowest BCUT2D eigenvalue weighted by molar-refractivity contribution is -0.384. The molecule has 4 nitrogen and oxygen atoms in total. The number of hydrogen-bond acceptors (Lipinski definition) is 3. The van der Waals surface area contributed by atoms with Crippen LogP contribution in [0.1, 0.15) is 18.4 Å². The fourth-order valence-corrected chi connectivity index (χ4v) is 2.34. The Morgan fingerprint density at radius 2 is 2.12 bits per heavy atom. The maximum absolute atomic E-state index is 10.6. The first-order chi connectivity index (χ1) is 8.16. The van der Waals surface area contributed by atoms with Gasteiger partial charge in [0, 0.05) is 29.2 Å². The summed E-state index contributed by atoms with van der Waals surface area (Å²) in [6.45, 7) is 0.727. The Morgan fingerprint density at radius 3 is 2.71 bits per heavy atom. The Kier molecular flexibility index (Phi) is 3.91. The molecule has 0 fully saturated rings. The van der Waals surface area contributed by atoms with Gasteiger partial charge in [0.25, 0.3) is 5.69 Å². The highest BCUT2D eigenvalue weighted by Crippen LogP contribution is 2.23. The van der Waals surface area contributed by atoms with Crippen molar-refractivity contribution in [1.29, 1.82) is 0 Å². The molecule has 1 aliphatic carbocycles. The molecule has 0 unspecified atom stereocenters. The van der Waals surface area contributed by atoms with Crippen LogP contribution in [0.25, 0.3) is 0 Å². The van der Waals surface area contributed by atoms with Crippen LogP contribution in [0.4, 0.5) is 5.69 Å². The maximum Gasteiger partial charge on any atom is 0.270 e. The van der Waals surface area contributed by atoms with Gasteiger partial charge in [-0.15, -0.1) is 0 Å². The Bertz CT molecular complexity index is 452. The first-order valence-corrected chi connectivity index (χ1v) is 6.27. The van der Waals surface area contributed by atoms with Gasteiger partial charge < -0.3 is 5.32 Å². The normalized spacial score (nSPS) is 15.4. The molecule has 0 saturated carbocycles. The van der Waals surface area contributed by atoms with Gasteiger partial charge in [-0.25, -0.2) is 0 Å². The van der Waals surface area contributed by atoms with Gasteiger partial charge in [0.05, 0.1) is 4.92 Å². The summed E-state index contributed by atoms with van der Waals surface area (Å²) in [5, 5.41) is 14.0. The lowest BCUT2D eigenvalue weighted by Gasteiger charge is -2.12. The van der Waals surface area contributed by atoms with Crippen molar-refractivity contribution in [2.75, 3.05) is 0 Å². The van der Waals surface area contributed by atoms with Gasteiger partial charge in [-0.05, 0) is 24.5 Å². The van der Waals surface area contributed by atoms with E-state index in [-0.39, 0.29) is 10.6 Å². The number of nitrogens with zero attached hydrogens (tertiary/aromatic N) is 1. The third-order valence-corrected chi connectivity index (χ3v) is 3.57. The van der Waals surface area contributed by atoms with E-state index in [4.69, 9.17) is 0 Å². The third kappa shape index (κ3) is 3.14. The molecule has 1 N–H and O–H groups in total. The summed E-state index contributed by atoms with van der Waals surface area (Å²) < 4.78 is 0.783. The minimum atomic E-state index is -0.386. The Morgan fingerprint density at radius 1 is 1.41 bits per heavy atom. The average molecular weight is 297 g/mol. The SMILES string of the molecule is O=[N+]([O-])c1ccc(CNC2CC=CC2)c(Br)c1. The zero-order valence-electron chi connectivity index (χ0n) is 9.23. The summed E-state index contributed by atoms with van der Waals surface area (Å²) in [6.07, 6.45) is 6.46. The second-order valence-electron chi connectivity index (χ2n) is 4.05. The van der Waals surface area contributed by atoms with E-state index in [1.165, 1.54) is 6.07 Å². The summed E-state index contributed by atoms with van der Waals surface area (Å²) in [6, 6.07) is 5.37. The number of nitrogens with one attached hydrogen (secondary N) is 1. The molecule has 1 aliphatic rings. The molecule has 1 aromatic rings. The van der Waals surface area contributed by atoms with Crippen molar-refractivity contribution in [3.63, 3.8) is 0 Å². The summed E-state index contributed by atoms with van der Waals surface area (Å²) in [5.74, 6) is 0. The van der Waals surface area contributed by atoms with Gasteiger partial charge in [0.2, 0.25) is 0 Å². The number of hydrogen-bond donors (Lipinski definition) is 1. The number of non-ortho nitro benzene ring substituents is 1. The van der Waals surface area contributed by atoms with E-state index in [0.29, 0.717) is 6.04 Å². The minimum absolute atomic E-state index is 0.114. The van der Waals surface area contributed by atoms with E-state index in [1.807, 2.05) is 0 Å². The Labute approximate surface area is 108 Å². The molecule has 0 spiro atoms. The summed E-state index contributed by atoms with van der Waals surface area (Å²) >= 11 is 3.36. The van der Waals surface area contributed by atoms with Crippen molar-refractivity contribution in [2.24, 2.45) is 0 Å². The van der Waals surface area contributed by atoms with E-state index in [9.17, 15) is 10.1 Å². The van der Waals surface area contributed by atoms with Gasteiger partial charge in [-0.1, -0.05) is 28.1 Å². The van der Waals surface area contributed by atoms with Crippen molar-refractivity contribution in [3.8, 4) is 0 Å². The van der Waals surface area contributed by atoms with Crippen LogP contribution in [-0.4, -0.2) is 11.0 Å². The zero-order valence-corrected chi connectivity index (χ0v) is 10.8. The molecule has 0 amide bonds. The second-order valence-corrected chi connectivity index (χ2v) is 4.91. The van der Waals surface area contributed by atoms with E-state index < -0.39 is 0 Å². The highest BCUT2D eigenvalue weighted by molar-refractivity contribution is 9.10.